The molecule has 0 amide bonds. The predicted octanol–water partition coefficient (Wildman–Crippen LogP) is 4.79. The van der Waals surface area contributed by atoms with Crippen LogP contribution in [-0.4, -0.2) is 12.9 Å². The number of para-hydroxylation sites is 2. The summed E-state index contributed by atoms with van der Waals surface area (Å²) in [6, 6.07) is 16.5. The Morgan fingerprint density at radius 2 is 1.92 bits per heavy atom. The highest BCUT2D eigenvalue weighted by atomic mass is 16.5. The molecule has 3 rings (SSSR count). The third kappa shape index (κ3) is 3.05. The van der Waals surface area contributed by atoms with Gasteiger partial charge in [0.15, 0.2) is 0 Å². The lowest BCUT2D eigenvalue weighted by Gasteiger charge is -2.06. The molecule has 4 nitrogen and oxygen atoms in total. The second kappa shape index (κ2) is 7.06. The van der Waals surface area contributed by atoms with Crippen molar-refractivity contribution in [2.45, 2.75) is 13.3 Å². The molecule has 0 aliphatic rings. The molecule has 124 valence electrons. The third-order valence-electron chi connectivity index (χ3n) is 4.04. The summed E-state index contributed by atoms with van der Waals surface area (Å²) in [6.07, 6.45) is 2.28. The lowest BCUT2D eigenvalue weighted by atomic mass is 9.99. The number of ketones is 1. The molecule has 0 spiro atoms. The van der Waals surface area contributed by atoms with Crippen LogP contribution in [0, 0.1) is 11.3 Å². The van der Waals surface area contributed by atoms with Crippen molar-refractivity contribution in [3.8, 4) is 11.8 Å². The van der Waals surface area contributed by atoms with E-state index >= 15 is 0 Å². The van der Waals surface area contributed by atoms with Crippen LogP contribution in [0.3, 0.4) is 0 Å². The summed E-state index contributed by atoms with van der Waals surface area (Å²) in [5.74, 6) is 0.829. The fourth-order valence-corrected chi connectivity index (χ4v) is 2.81. The van der Waals surface area contributed by atoms with Gasteiger partial charge < -0.3 is 9.15 Å². The van der Waals surface area contributed by atoms with E-state index in [1.807, 2.05) is 37.3 Å². The second-order valence-corrected chi connectivity index (χ2v) is 5.49. The van der Waals surface area contributed by atoms with Gasteiger partial charge in [0.05, 0.1) is 12.7 Å². The van der Waals surface area contributed by atoms with Crippen LogP contribution in [0.2, 0.25) is 0 Å². The van der Waals surface area contributed by atoms with Crippen LogP contribution in [0.4, 0.5) is 0 Å². The normalized spacial score (nSPS) is 11.3. The molecule has 3 aromatic rings. The molecular weight excluding hydrogens is 314 g/mol. The van der Waals surface area contributed by atoms with Gasteiger partial charge in [-0.05, 0) is 24.3 Å². The van der Waals surface area contributed by atoms with E-state index in [0.717, 1.165) is 22.3 Å². The molecule has 0 radical (unpaired) electrons. The summed E-state index contributed by atoms with van der Waals surface area (Å²) >= 11 is 0. The summed E-state index contributed by atoms with van der Waals surface area (Å²) < 4.78 is 11.1. The zero-order valence-electron chi connectivity index (χ0n) is 14.1. The van der Waals surface area contributed by atoms with Gasteiger partial charge in [0, 0.05) is 17.4 Å². The van der Waals surface area contributed by atoms with Crippen LogP contribution in [0.25, 0.3) is 17.0 Å². The van der Waals surface area contributed by atoms with Gasteiger partial charge in [-0.3, -0.25) is 4.79 Å². The molecular formula is C21H17NO3. The number of nitrogens with zero attached hydrogens (tertiary/aromatic N) is 1. The van der Waals surface area contributed by atoms with E-state index in [1.54, 1.807) is 30.3 Å². The van der Waals surface area contributed by atoms with Gasteiger partial charge in [0.1, 0.15) is 28.7 Å². The van der Waals surface area contributed by atoms with Gasteiger partial charge >= 0.3 is 0 Å². The number of nitriles is 1. The maximum Gasteiger partial charge on any atom is 0.207 e. The number of ether oxygens (including phenoxy) is 1. The fourth-order valence-electron chi connectivity index (χ4n) is 2.81. The molecule has 1 aromatic heterocycles. The SMILES string of the molecule is CCc1oc2ccccc2c1/C=C(\C#N)C(=O)c1ccccc1OC. The van der Waals surface area contributed by atoms with Crippen molar-refractivity contribution in [2.75, 3.05) is 7.11 Å². The molecule has 1 heterocycles. The first kappa shape index (κ1) is 16.5. The molecule has 0 aliphatic heterocycles. The van der Waals surface area contributed by atoms with Crippen molar-refractivity contribution < 1.29 is 13.9 Å². The zero-order valence-corrected chi connectivity index (χ0v) is 14.1. The zero-order chi connectivity index (χ0) is 17.8. The van der Waals surface area contributed by atoms with E-state index in [4.69, 9.17) is 9.15 Å². The van der Waals surface area contributed by atoms with Gasteiger partial charge in [-0.25, -0.2) is 0 Å². The van der Waals surface area contributed by atoms with Crippen LogP contribution in [0.15, 0.2) is 58.5 Å². The average Bonchev–Trinajstić information content (AvgIpc) is 3.03. The van der Waals surface area contributed by atoms with E-state index < -0.39 is 0 Å². The first-order chi connectivity index (χ1) is 12.2. The van der Waals surface area contributed by atoms with Gasteiger partial charge in [0.25, 0.3) is 0 Å². The summed E-state index contributed by atoms with van der Waals surface area (Å²) in [6.45, 7) is 1.98. The average molecular weight is 331 g/mol. The van der Waals surface area contributed by atoms with Crippen molar-refractivity contribution in [1.82, 2.24) is 0 Å². The molecule has 0 saturated heterocycles. The number of rotatable bonds is 5. The third-order valence-corrected chi connectivity index (χ3v) is 4.04. The number of aryl methyl sites for hydroxylation is 1. The van der Waals surface area contributed by atoms with Crippen LogP contribution in [-0.2, 0) is 6.42 Å². The number of hydrogen-bond donors (Lipinski definition) is 0. The van der Waals surface area contributed by atoms with Crippen molar-refractivity contribution in [2.24, 2.45) is 0 Å². The van der Waals surface area contributed by atoms with E-state index in [2.05, 4.69) is 0 Å². The largest absolute Gasteiger partial charge is 0.496 e. The molecule has 0 unspecified atom stereocenters. The number of fused-ring (bicyclic) bond motifs is 1. The molecule has 0 bridgehead atoms. The van der Waals surface area contributed by atoms with Gasteiger partial charge in [-0.1, -0.05) is 37.3 Å². The summed E-state index contributed by atoms with van der Waals surface area (Å²) in [5, 5.41) is 10.4. The molecule has 2 aromatic carbocycles. The van der Waals surface area contributed by atoms with E-state index in [1.165, 1.54) is 7.11 Å². The van der Waals surface area contributed by atoms with Crippen LogP contribution in [0.1, 0.15) is 28.6 Å². The smallest absolute Gasteiger partial charge is 0.207 e. The molecule has 25 heavy (non-hydrogen) atoms. The Kier molecular flexibility index (Phi) is 4.67. The number of benzene rings is 2. The van der Waals surface area contributed by atoms with Crippen LogP contribution in [0.5, 0.6) is 5.75 Å². The maximum absolute atomic E-state index is 12.8. The minimum Gasteiger partial charge on any atom is -0.496 e. The number of carbonyl (C=O) groups is 1. The number of methoxy groups -OCH3 is 1. The fraction of sp³-hybridized carbons (Fsp3) is 0.143. The molecule has 0 aliphatic carbocycles. The Hall–Kier alpha value is -3.32. The summed E-state index contributed by atoms with van der Waals surface area (Å²) in [5.41, 5.74) is 1.93. The lowest BCUT2D eigenvalue weighted by molar-refractivity contribution is 0.103. The van der Waals surface area contributed by atoms with Crippen molar-refractivity contribution in [1.29, 1.82) is 5.26 Å². The van der Waals surface area contributed by atoms with Gasteiger partial charge in [-0.15, -0.1) is 0 Å². The summed E-state index contributed by atoms with van der Waals surface area (Å²) in [4.78, 5) is 12.8. The molecule has 0 N–H and O–H groups in total. The minimum absolute atomic E-state index is 0.0470. The predicted molar refractivity (Wildman–Crippen MR) is 96.5 cm³/mol. The highest BCUT2D eigenvalue weighted by Crippen LogP contribution is 2.29. The second-order valence-electron chi connectivity index (χ2n) is 5.49. The summed E-state index contributed by atoms with van der Waals surface area (Å²) in [7, 11) is 1.50. The molecule has 0 fully saturated rings. The standard InChI is InChI=1S/C21H17NO3/c1-3-18-17(15-8-4-7-11-20(15)25-18)12-14(13-22)21(23)16-9-5-6-10-19(16)24-2/h4-12H,3H2,1-2H3/b14-12+. The number of Topliss-reactive ketones (excluding diaryl/α,β-unsaturated/α-hetero) is 1. The Morgan fingerprint density at radius 1 is 1.20 bits per heavy atom. The van der Waals surface area contributed by atoms with Crippen LogP contribution < -0.4 is 4.74 Å². The highest BCUT2D eigenvalue weighted by Gasteiger charge is 2.19. The number of allylic oxidation sites excluding steroid dienone is 1. The van der Waals surface area contributed by atoms with Gasteiger partial charge in [-0.2, -0.15) is 5.26 Å². The lowest BCUT2D eigenvalue weighted by Crippen LogP contribution is -2.04. The minimum atomic E-state index is -0.368. The van der Waals surface area contributed by atoms with Crippen molar-refractivity contribution in [3.63, 3.8) is 0 Å². The highest BCUT2D eigenvalue weighted by molar-refractivity contribution is 6.16. The van der Waals surface area contributed by atoms with Crippen LogP contribution >= 0.6 is 0 Å². The van der Waals surface area contributed by atoms with E-state index in [9.17, 15) is 10.1 Å². The Bertz CT molecular complexity index is 1010. The quantitative estimate of drug-likeness (QED) is 0.383. The van der Waals surface area contributed by atoms with E-state index in [-0.39, 0.29) is 11.4 Å². The monoisotopic (exact) mass is 331 g/mol. The topological polar surface area (TPSA) is 63.2 Å². The maximum atomic E-state index is 12.8. The van der Waals surface area contributed by atoms with E-state index in [0.29, 0.717) is 17.7 Å². The van der Waals surface area contributed by atoms with Crippen molar-refractivity contribution in [3.05, 3.63) is 71.0 Å². The first-order valence-electron chi connectivity index (χ1n) is 7.99. The Balaban J connectivity index is 2.13. The molecule has 0 saturated carbocycles. The van der Waals surface area contributed by atoms with Crippen molar-refractivity contribution >= 4 is 22.8 Å². The Morgan fingerprint density at radius 3 is 2.64 bits per heavy atom. The molecule has 4 heteroatoms. The Labute approximate surface area is 145 Å². The van der Waals surface area contributed by atoms with Gasteiger partial charge in [0.2, 0.25) is 5.78 Å². The first-order valence-corrected chi connectivity index (χ1v) is 7.99. The molecule has 0 atom stereocenters. The number of hydrogen-bond acceptors (Lipinski definition) is 4. The number of carbonyl (C=O) groups excluding carboxylic acids is 1. The number of furan rings is 1.